The Morgan fingerprint density at radius 3 is 2.63 bits per heavy atom. The van der Waals surface area contributed by atoms with E-state index in [-0.39, 0.29) is 11.4 Å². The van der Waals surface area contributed by atoms with E-state index in [0.29, 0.717) is 12.5 Å². The summed E-state index contributed by atoms with van der Waals surface area (Å²) in [4.78, 5) is 11.6. The fraction of sp³-hybridized carbons (Fsp3) is 0.562. The van der Waals surface area contributed by atoms with Crippen LogP contribution < -0.4 is 5.32 Å². The maximum atomic E-state index is 11.6. The Hall–Kier alpha value is -1.35. The smallest absolute Gasteiger partial charge is 0.162 e. The van der Waals surface area contributed by atoms with Crippen LogP contribution in [0.25, 0.3) is 0 Å². The average molecular weight is 261 g/mol. The average Bonchev–Trinajstić information content (AvgIpc) is 2.37. The maximum Gasteiger partial charge on any atom is 0.162 e. The minimum atomic E-state index is -0.0476. The molecule has 2 rings (SSSR count). The van der Waals surface area contributed by atoms with E-state index in [4.69, 9.17) is 4.74 Å². The van der Waals surface area contributed by atoms with Crippen molar-refractivity contribution >= 4 is 11.5 Å². The molecule has 0 radical (unpaired) electrons. The standard InChI is InChI=1S/C16H23NO2/c1-4-15(18)12-5-7-13(8-6-12)17-14-9-10-19-16(2,3)11-14/h5-8,14,17H,4,9-11H2,1-3H3. The topological polar surface area (TPSA) is 38.3 Å². The second-order valence-corrected chi connectivity index (χ2v) is 5.80. The molecule has 0 aliphatic carbocycles. The molecule has 1 atom stereocenters. The fourth-order valence-corrected chi connectivity index (χ4v) is 2.55. The van der Waals surface area contributed by atoms with Crippen LogP contribution in [0.3, 0.4) is 0 Å². The zero-order valence-electron chi connectivity index (χ0n) is 12.0. The van der Waals surface area contributed by atoms with E-state index in [9.17, 15) is 4.79 Å². The molecule has 0 bridgehead atoms. The van der Waals surface area contributed by atoms with Crippen LogP contribution in [0.1, 0.15) is 50.4 Å². The van der Waals surface area contributed by atoms with E-state index in [1.165, 1.54) is 0 Å². The molecule has 0 amide bonds. The maximum absolute atomic E-state index is 11.6. The molecule has 1 aliphatic rings. The number of ketones is 1. The molecule has 1 aromatic rings. The van der Waals surface area contributed by atoms with E-state index in [1.54, 1.807) is 0 Å². The van der Waals surface area contributed by atoms with Crippen molar-refractivity contribution in [3.05, 3.63) is 29.8 Å². The van der Waals surface area contributed by atoms with Gasteiger partial charge in [0, 0.05) is 30.3 Å². The van der Waals surface area contributed by atoms with Crippen molar-refractivity contribution in [2.24, 2.45) is 0 Å². The minimum absolute atomic E-state index is 0.0476. The molecule has 3 nitrogen and oxygen atoms in total. The highest BCUT2D eigenvalue weighted by atomic mass is 16.5. The molecule has 19 heavy (non-hydrogen) atoms. The molecular formula is C16H23NO2. The third-order valence-corrected chi connectivity index (χ3v) is 3.60. The molecule has 1 fully saturated rings. The third-order valence-electron chi connectivity index (χ3n) is 3.60. The van der Waals surface area contributed by atoms with Gasteiger partial charge in [0.05, 0.1) is 5.60 Å². The van der Waals surface area contributed by atoms with E-state index < -0.39 is 0 Å². The van der Waals surface area contributed by atoms with Crippen LogP contribution in [0.15, 0.2) is 24.3 Å². The van der Waals surface area contributed by atoms with Gasteiger partial charge < -0.3 is 10.1 Å². The lowest BCUT2D eigenvalue weighted by molar-refractivity contribution is -0.0553. The Morgan fingerprint density at radius 1 is 1.37 bits per heavy atom. The highest BCUT2D eigenvalue weighted by Crippen LogP contribution is 2.26. The first kappa shape index (κ1) is 14.1. The predicted molar refractivity (Wildman–Crippen MR) is 77.7 cm³/mol. The molecular weight excluding hydrogens is 238 g/mol. The second kappa shape index (κ2) is 5.74. The summed E-state index contributed by atoms with van der Waals surface area (Å²) < 4.78 is 5.71. The van der Waals surface area contributed by atoms with Gasteiger partial charge in [-0.15, -0.1) is 0 Å². The van der Waals surface area contributed by atoms with Crippen molar-refractivity contribution in [3.8, 4) is 0 Å². The van der Waals surface area contributed by atoms with Gasteiger partial charge in [0.25, 0.3) is 0 Å². The van der Waals surface area contributed by atoms with Gasteiger partial charge in [0.1, 0.15) is 0 Å². The zero-order valence-corrected chi connectivity index (χ0v) is 12.0. The number of nitrogens with one attached hydrogen (secondary N) is 1. The summed E-state index contributed by atoms with van der Waals surface area (Å²) >= 11 is 0. The van der Waals surface area contributed by atoms with Crippen molar-refractivity contribution in [1.82, 2.24) is 0 Å². The van der Waals surface area contributed by atoms with Gasteiger partial charge in [-0.3, -0.25) is 4.79 Å². The largest absolute Gasteiger partial charge is 0.382 e. The van der Waals surface area contributed by atoms with E-state index >= 15 is 0 Å². The van der Waals surface area contributed by atoms with Gasteiger partial charge in [0.2, 0.25) is 0 Å². The number of benzene rings is 1. The van der Waals surface area contributed by atoms with Gasteiger partial charge in [-0.05, 0) is 51.0 Å². The number of Topliss-reactive ketones (excluding diaryl/α,β-unsaturated/α-hetero) is 1. The van der Waals surface area contributed by atoms with Crippen molar-refractivity contribution in [1.29, 1.82) is 0 Å². The minimum Gasteiger partial charge on any atom is -0.382 e. The summed E-state index contributed by atoms with van der Waals surface area (Å²) in [7, 11) is 0. The van der Waals surface area contributed by atoms with Crippen molar-refractivity contribution in [2.45, 2.75) is 51.7 Å². The molecule has 104 valence electrons. The molecule has 1 aromatic carbocycles. The Labute approximate surface area is 115 Å². The lowest BCUT2D eigenvalue weighted by atomic mass is 9.93. The fourth-order valence-electron chi connectivity index (χ4n) is 2.55. The summed E-state index contributed by atoms with van der Waals surface area (Å²) in [6, 6.07) is 8.23. The number of hydrogen-bond acceptors (Lipinski definition) is 3. The summed E-state index contributed by atoms with van der Waals surface area (Å²) in [6.07, 6.45) is 2.59. The number of anilines is 1. The van der Waals surface area contributed by atoms with E-state index in [1.807, 2.05) is 31.2 Å². The lowest BCUT2D eigenvalue weighted by Gasteiger charge is -2.36. The summed E-state index contributed by atoms with van der Waals surface area (Å²) in [5, 5.41) is 3.53. The third kappa shape index (κ3) is 3.80. The molecule has 1 N–H and O–H groups in total. The highest BCUT2D eigenvalue weighted by Gasteiger charge is 2.28. The van der Waals surface area contributed by atoms with Gasteiger partial charge in [0.15, 0.2) is 5.78 Å². The van der Waals surface area contributed by atoms with Crippen molar-refractivity contribution < 1.29 is 9.53 Å². The highest BCUT2D eigenvalue weighted by molar-refractivity contribution is 5.96. The monoisotopic (exact) mass is 261 g/mol. The van der Waals surface area contributed by atoms with Gasteiger partial charge in [-0.25, -0.2) is 0 Å². The first-order chi connectivity index (χ1) is 9.00. The quantitative estimate of drug-likeness (QED) is 0.841. The van der Waals surface area contributed by atoms with Crippen LogP contribution in [0, 0.1) is 0 Å². The number of ether oxygens (including phenoxy) is 1. The molecule has 0 aromatic heterocycles. The number of carbonyl (C=O) groups is 1. The Kier molecular flexibility index (Phi) is 4.25. The second-order valence-electron chi connectivity index (χ2n) is 5.80. The van der Waals surface area contributed by atoms with Crippen LogP contribution in [-0.4, -0.2) is 24.0 Å². The van der Waals surface area contributed by atoms with Crippen molar-refractivity contribution in [2.75, 3.05) is 11.9 Å². The SMILES string of the molecule is CCC(=O)c1ccc(NC2CCOC(C)(C)C2)cc1. The first-order valence-corrected chi connectivity index (χ1v) is 7.04. The van der Waals surface area contributed by atoms with Crippen molar-refractivity contribution in [3.63, 3.8) is 0 Å². The van der Waals surface area contributed by atoms with Crippen LogP contribution in [0.2, 0.25) is 0 Å². The summed E-state index contributed by atoms with van der Waals surface area (Å²) in [5.74, 6) is 0.193. The number of carbonyl (C=O) groups excluding carboxylic acids is 1. The normalized spacial score (nSPS) is 21.9. The molecule has 1 aliphatic heterocycles. The summed E-state index contributed by atoms with van der Waals surface area (Å²) in [5.41, 5.74) is 1.82. The van der Waals surface area contributed by atoms with Gasteiger partial charge in [-0.2, -0.15) is 0 Å². The molecule has 1 heterocycles. The van der Waals surface area contributed by atoms with E-state index in [0.717, 1.165) is 30.7 Å². The molecule has 0 spiro atoms. The summed E-state index contributed by atoms with van der Waals surface area (Å²) in [6.45, 7) is 6.95. The Balaban J connectivity index is 1.98. The molecule has 1 saturated heterocycles. The molecule has 3 heteroatoms. The van der Waals surface area contributed by atoms with Crippen LogP contribution in [0.5, 0.6) is 0 Å². The van der Waals surface area contributed by atoms with Crippen LogP contribution in [0.4, 0.5) is 5.69 Å². The molecule has 1 unspecified atom stereocenters. The van der Waals surface area contributed by atoms with Crippen LogP contribution >= 0.6 is 0 Å². The number of hydrogen-bond donors (Lipinski definition) is 1. The number of rotatable bonds is 4. The lowest BCUT2D eigenvalue weighted by Crippen LogP contribution is -2.40. The van der Waals surface area contributed by atoms with Crippen LogP contribution in [-0.2, 0) is 4.74 Å². The van der Waals surface area contributed by atoms with E-state index in [2.05, 4.69) is 19.2 Å². The zero-order chi connectivity index (χ0) is 13.9. The van der Waals surface area contributed by atoms with Gasteiger partial charge >= 0.3 is 0 Å². The predicted octanol–water partition coefficient (Wildman–Crippen LogP) is 3.65. The first-order valence-electron chi connectivity index (χ1n) is 7.04. The molecule has 0 saturated carbocycles. The van der Waals surface area contributed by atoms with Gasteiger partial charge in [-0.1, -0.05) is 6.92 Å². The Morgan fingerprint density at radius 2 is 2.05 bits per heavy atom. The Bertz CT molecular complexity index is 437.